The summed E-state index contributed by atoms with van der Waals surface area (Å²) in [7, 11) is 0. The van der Waals surface area contributed by atoms with Crippen molar-refractivity contribution in [3.63, 3.8) is 0 Å². The van der Waals surface area contributed by atoms with Gasteiger partial charge in [0.25, 0.3) is 0 Å². The van der Waals surface area contributed by atoms with Crippen molar-refractivity contribution in [2.45, 2.75) is 12.8 Å². The molecule has 0 radical (unpaired) electrons. The minimum atomic E-state index is 0. The van der Waals surface area contributed by atoms with Crippen LogP contribution in [0.4, 0.5) is 5.69 Å². The zero-order valence-electron chi connectivity index (χ0n) is 11.4. The fourth-order valence-electron chi connectivity index (χ4n) is 1.78. The van der Waals surface area contributed by atoms with Crippen molar-refractivity contribution >= 4 is 47.3 Å². The minimum Gasteiger partial charge on any atom is -0.396 e. The number of unbranched alkanes of at least 4 members (excludes halogenated alkanes) is 1. The van der Waals surface area contributed by atoms with Gasteiger partial charge in [0, 0.05) is 6.61 Å². The normalized spacial score (nSPS) is 13.9. The van der Waals surface area contributed by atoms with Crippen LogP contribution in [0.3, 0.4) is 0 Å². The monoisotopic (exact) mass is 353 g/mol. The fourth-order valence-corrected chi connectivity index (χ4v) is 2.27. The number of aliphatic hydroxyl groups excluding tert-OH is 1. The van der Waals surface area contributed by atoms with E-state index in [1.807, 2.05) is 0 Å². The van der Waals surface area contributed by atoms with Crippen molar-refractivity contribution in [2.24, 2.45) is 4.99 Å². The first-order valence-corrected chi connectivity index (χ1v) is 7.25. The quantitative estimate of drug-likeness (QED) is 0.770. The van der Waals surface area contributed by atoms with E-state index >= 15 is 0 Å². The van der Waals surface area contributed by atoms with Gasteiger partial charge in [-0.3, -0.25) is 4.84 Å². The molecule has 2 N–H and O–H groups in total. The van der Waals surface area contributed by atoms with Crippen LogP contribution in [0.15, 0.2) is 23.2 Å². The number of rotatable bonds is 6. The predicted molar refractivity (Wildman–Crippen MR) is 88.6 cm³/mol. The van der Waals surface area contributed by atoms with Crippen LogP contribution < -0.4 is 5.32 Å². The van der Waals surface area contributed by atoms with Crippen LogP contribution in [-0.2, 0) is 4.84 Å². The fraction of sp³-hybridized carbons (Fsp3) is 0.462. The Labute approximate surface area is 140 Å². The number of nitrogens with one attached hydrogen (secondary N) is 1. The molecule has 1 aromatic carbocycles. The summed E-state index contributed by atoms with van der Waals surface area (Å²) in [5, 5.41) is 14.6. The Balaban J connectivity index is 0.00000220. The molecule has 0 unspecified atom stereocenters. The SMILES string of the molecule is Cl.OCCCCON1CCN=C1Nc1c(Cl)cccc1Cl. The molecule has 0 amide bonds. The summed E-state index contributed by atoms with van der Waals surface area (Å²) in [4.78, 5) is 9.95. The number of nitrogens with zero attached hydrogens (tertiary/aromatic N) is 2. The van der Waals surface area contributed by atoms with Gasteiger partial charge in [0.2, 0.25) is 5.96 Å². The maximum Gasteiger partial charge on any atom is 0.223 e. The maximum absolute atomic E-state index is 8.73. The topological polar surface area (TPSA) is 57.1 Å². The summed E-state index contributed by atoms with van der Waals surface area (Å²) in [6.45, 7) is 2.06. The first-order valence-electron chi connectivity index (χ1n) is 6.49. The third kappa shape index (κ3) is 5.20. The standard InChI is InChI=1S/C13H17Cl2N3O2.ClH/c14-10-4-3-5-11(15)12(10)17-13-16-6-7-18(13)20-9-2-1-8-19;/h3-5,19H,1-2,6-9H2,(H,16,17);1H. The zero-order valence-corrected chi connectivity index (χ0v) is 13.7. The summed E-state index contributed by atoms with van der Waals surface area (Å²) < 4.78 is 0. The predicted octanol–water partition coefficient (Wildman–Crippen LogP) is 3.20. The van der Waals surface area contributed by atoms with Crippen LogP contribution in [0.5, 0.6) is 0 Å². The van der Waals surface area contributed by atoms with Crippen molar-refractivity contribution in [3.05, 3.63) is 28.2 Å². The van der Waals surface area contributed by atoms with E-state index in [1.54, 1.807) is 23.3 Å². The Morgan fingerprint density at radius 1 is 1.29 bits per heavy atom. The number of hydrogen-bond donors (Lipinski definition) is 2. The van der Waals surface area contributed by atoms with Crippen molar-refractivity contribution in [2.75, 3.05) is 31.6 Å². The second kappa shape index (κ2) is 9.33. The smallest absolute Gasteiger partial charge is 0.223 e. The van der Waals surface area contributed by atoms with Crippen LogP contribution in [0.2, 0.25) is 10.0 Å². The third-order valence-corrected chi connectivity index (χ3v) is 3.43. The van der Waals surface area contributed by atoms with E-state index in [0.29, 0.717) is 41.4 Å². The Bertz CT molecular complexity index is 465. The highest BCUT2D eigenvalue weighted by Gasteiger charge is 2.19. The Kier molecular flexibility index (Phi) is 8.14. The molecule has 0 bridgehead atoms. The van der Waals surface area contributed by atoms with Gasteiger partial charge in [0.05, 0.1) is 35.4 Å². The van der Waals surface area contributed by atoms with Crippen LogP contribution >= 0.6 is 35.6 Å². The lowest BCUT2D eigenvalue weighted by molar-refractivity contribution is -0.0929. The van der Waals surface area contributed by atoms with E-state index < -0.39 is 0 Å². The molecule has 1 aliphatic heterocycles. The molecular weight excluding hydrogens is 337 g/mol. The molecule has 1 aromatic rings. The van der Waals surface area contributed by atoms with E-state index in [1.165, 1.54) is 0 Å². The van der Waals surface area contributed by atoms with E-state index in [0.717, 1.165) is 12.8 Å². The highest BCUT2D eigenvalue weighted by Crippen LogP contribution is 2.30. The van der Waals surface area contributed by atoms with Crippen LogP contribution in [0.25, 0.3) is 0 Å². The van der Waals surface area contributed by atoms with Gasteiger partial charge in [0.15, 0.2) is 0 Å². The van der Waals surface area contributed by atoms with Crippen LogP contribution in [-0.4, -0.2) is 42.4 Å². The summed E-state index contributed by atoms with van der Waals surface area (Å²) in [5.41, 5.74) is 0.625. The number of hydrogen-bond acceptors (Lipinski definition) is 5. The highest BCUT2D eigenvalue weighted by atomic mass is 35.5. The highest BCUT2D eigenvalue weighted by molar-refractivity contribution is 6.39. The van der Waals surface area contributed by atoms with Crippen molar-refractivity contribution in [1.82, 2.24) is 5.06 Å². The number of hydroxylamine groups is 2. The number of halogens is 3. The number of benzene rings is 1. The molecule has 118 valence electrons. The molecule has 0 saturated carbocycles. The second-order valence-electron chi connectivity index (χ2n) is 4.29. The van der Waals surface area contributed by atoms with Gasteiger partial charge in [-0.1, -0.05) is 29.3 Å². The summed E-state index contributed by atoms with van der Waals surface area (Å²) in [6.07, 6.45) is 1.53. The minimum absolute atomic E-state index is 0. The molecule has 0 atom stereocenters. The average Bonchev–Trinajstić information content (AvgIpc) is 2.87. The van der Waals surface area contributed by atoms with Crippen LogP contribution in [0, 0.1) is 0 Å². The lowest BCUT2D eigenvalue weighted by Crippen LogP contribution is -2.33. The third-order valence-electron chi connectivity index (χ3n) is 2.80. The van der Waals surface area contributed by atoms with E-state index in [4.69, 9.17) is 33.1 Å². The lowest BCUT2D eigenvalue weighted by Gasteiger charge is -2.21. The van der Waals surface area contributed by atoms with Gasteiger partial charge >= 0.3 is 0 Å². The maximum atomic E-state index is 8.73. The summed E-state index contributed by atoms with van der Waals surface area (Å²) >= 11 is 12.2. The molecule has 0 aliphatic carbocycles. The first-order chi connectivity index (χ1) is 9.72. The molecule has 2 rings (SSSR count). The van der Waals surface area contributed by atoms with Gasteiger partial charge in [0.1, 0.15) is 0 Å². The molecule has 1 aliphatic rings. The molecule has 8 heteroatoms. The number of guanidine groups is 1. The molecule has 0 spiro atoms. The molecule has 0 saturated heterocycles. The van der Waals surface area contributed by atoms with Crippen molar-refractivity contribution in [3.8, 4) is 0 Å². The van der Waals surface area contributed by atoms with Crippen molar-refractivity contribution in [1.29, 1.82) is 0 Å². The largest absolute Gasteiger partial charge is 0.396 e. The van der Waals surface area contributed by atoms with Gasteiger partial charge in [-0.15, -0.1) is 12.4 Å². The second-order valence-corrected chi connectivity index (χ2v) is 5.11. The molecule has 1 heterocycles. The Hall–Kier alpha value is -0.720. The summed E-state index contributed by atoms with van der Waals surface area (Å²) in [6, 6.07) is 5.31. The molecule has 5 nitrogen and oxygen atoms in total. The Morgan fingerprint density at radius 2 is 2.00 bits per heavy atom. The number of aliphatic imine (C=N–C) groups is 1. The number of anilines is 1. The Morgan fingerprint density at radius 3 is 2.67 bits per heavy atom. The van der Waals surface area contributed by atoms with Gasteiger partial charge in [-0.05, 0) is 25.0 Å². The van der Waals surface area contributed by atoms with E-state index in [2.05, 4.69) is 10.3 Å². The first kappa shape index (κ1) is 18.3. The molecule has 0 aromatic heterocycles. The molecular formula is C13H18Cl3N3O2. The number of aliphatic hydroxyl groups is 1. The number of para-hydroxylation sites is 1. The molecule has 0 fully saturated rings. The van der Waals surface area contributed by atoms with Gasteiger partial charge in [-0.25, -0.2) is 10.1 Å². The average molecular weight is 355 g/mol. The van der Waals surface area contributed by atoms with Crippen molar-refractivity contribution < 1.29 is 9.94 Å². The molecule has 21 heavy (non-hydrogen) atoms. The van der Waals surface area contributed by atoms with E-state index in [-0.39, 0.29) is 19.0 Å². The zero-order chi connectivity index (χ0) is 14.4. The van der Waals surface area contributed by atoms with Gasteiger partial charge < -0.3 is 10.4 Å². The lowest BCUT2D eigenvalue weighted by atomic mass is 10.3. The van der Waals surface area contributed by atoms with Crippen LogP contribution in [0.1, 0.15) is 12.8 Å². The van der Waals surface area contributed by atoms with Gasteiger partial charge in [-0.2, -0.15) is 0 Å². The van der Waals surface area contributed by atoms with E-state index in [9.17, 15) is 0 Å². The summed E-state index contributed by atoms with van der Waals surface area (Å²) in [5.74, 6) is 0.601.